The Morgan fingerprint density at radius 3 is 2.69 bits per heavy atom. The zero-order valence-corrected chi connectivity index (χ0v) is 17.9. The summed E-state index contributed by atoms with van der Waals surface area (Å²) >= 11 is 0. The Balaban J connectivity index is 1.24. The monoisotopic (exact) mass is 427 g/mol. The lowest BCUT2D eigenvalue weighted by Gasteiger charge is -2.27. The number of pyridine rings is 1. The Labute approximate surface area is 188 Å². The van der Waals surface area contributed by atoms with E-state index in [-0.39, 0.29) is 29.7 Å². The molecule has 2 aliphatic rings. The fourth-order valence-corrected chi connectivity index (χ4v) is 5.30. The van der Waals surface area contributed by atoms with Crippen molar-refractivity contribution in [2.75, 3.05) is 26.2 Å². The summed E-state index contributed by atoms with van der Waals surface area (Å²) in [5.41, 5.74) is 8.54. The quantitative estimate of drug-likeness (QED) is 0.656. The Kier molecular flexibility index (Phi) is 5.62. The molecule has 2 aliphatic heterocycles. The lowest BCUT2D eigenvalue weighted by atomic mass is 9.94. The molecule has 3 atom stereocenters. The lowest BCUT2D eigenvalue weighted by Crippen LogP contribution is -2.46. The molecule has 2 unspecified atom stereocenters. The number of carbonyl (C=O) groups is 2. The van der Waals surface area contributed by atoms with Gasteiger partial charge in [0, 0.05) is 42.7 Å². The molecular formula is C26H27N4O2. The average Bonchev–Trinajstić information content (AvgIpc) is 3.36. The SMILES string of the molecule is NC(=O)C1[C@@H]2CN(C(=O)c3ccc4ncccc4c3)CC2CN1CC[CH]c1ccccc1. The van der Waals surface area contributed by atoms with Crippen LogP contribution in [0.1, 0.15) is 22.3 Å². The number of hydrogen-bond acceptors (Lipinski definition) is 4. The fourth-order valence-electron chi connectivity index (χ4n) is 5.30. The number of nitrogens with two attached hydrogens (primary N) is 1. The van der Waals surface area contributed by atoms with Gasteiger partial charge in [0.2, 0.25) is 5.91 Å². The number of likely N-dealkylation sites (tertiary alicyclic amines) is 2. The van der Waals surface area contributed by atoms with E-state index in [1.54, 1.807) is 6.20 Å². The molecule has 1 radical (unpaired) electrons. The van der Waals surface area contributed by atoms with Crippen molar-refractivity contribution in [2.45, 2.75) is 12.5 Å². The fraction of sp³-hybridized carbons (Fsp3) is 0.308. The molecule has 3 heterocycles. The third-order valence-electron chi connectivity index (χ3n) is 6.78. The van der Waals surface area contributed by atoms with Crippen molar-refractivity contribution >= 4 is 22.7 Å². The second kappa shape index (κ2) is 8.71. The van der Waals surface area contributed by atoms with Gasteiger partial charge in [0.1, 0.15) is 0 Å². The third kappa shape index (κ3) is 3.98. The van der Waals surface area contributed by atoms with E-state index >= 15 is 0 Å². The number of primary amides is 1. The van der Waals surface area contributed by atoms with Crippen LogP contribution in [0.4, 0.5) is 0 Å². The highest BCUT2D eigenvalue weighted by atomic mass is 16.2. The zero-order valence-electron chi connectivity index (χ0n) is 17.9. The number of carbonyl (C=O) groups excluding carboxylic acids is 2. The molecule has 163 valence electrons. The molecule has 2 saturated heterocycles. The number of hydrogen-bond donors (Lipinski definition) is 1. The zero-order chi connectivity index (χ0) is 22.1. The Bertz CT molecular complexity index is 1130. The smallest absolute Gasteiger partial charge is 0.253 e. The maximum absolute atomic E-state index is 13.2. The summed E-state index contributed by atoms with van der Waals surface area (Å²) in [6, 6.07) is 19.4. The molecule has 1 aromatic heterocycles. The minimum absolute atomic E-state index is 0.0114. The molecule has 0 aliphatic carbocycles. The maximum atomic E-state index is 13.2. The molecule has 2 amide bonds. The van der Waals surface area contributed by atoms with E-state index in [4.69, 9.17) is 5.73 Å². The summed E-state index contributed by atoms with van der Waals surface area (Å²) < 4.78 is 0. The van der Waals surface area contributed by atoms with E-state index in [0.29, 0.717) is 18.7 Å². The molecule has 5 rings (SSSR count). The summed E-state index contributed by atoms with van der Waals surface area (Å²) in [6.07, 6.45) is 4.80. The topological polar surface area (TPSA) is 79.5 Å². The highest BCUT2D eigenvalue weighted by molar-refractivity contribution is 5.98. The number of aromatic nitrogens is 1. The molecule has 3 aromatic rings. The van der Waals surface area contributed by atoms with Gasteiger partial charge in [-0.05, 0) is 55.1 Å². The number of rotatable bonds is 6. The van der Waals surface area contributed by atoms with Gasteiger partial charge in [-0.3, -0.25) is 19.5 Å². The van der Waals surface area contributed by atoms with E-state index in [2.05, 4.69) is 28.4 Å². The van der Waals surface area contributed by atoms with Gasteiger partial charge in [0.25, 0.3) is 5.91 Å². The number of amides is 2. The molecule has 2 N–H and O–H groups in total. The predicted octanol–water partition coefficient (Wildman–Crippen LogP) is 2.74. The second-order valence-electron chi connectivity index (χ2n) is 8.79. The summed E-state index contributed by atoms with van der Waals surface area (Å²) in [4.78, 5) is 33.9. The largest absolute Gasteiger partial charge is 0.368 e. The first-order chi connectivity index (χ1) is 15.6. The molecule has 6 nitrogen and oxygen atoms in total. The van der Waals surface area contributed by atoms with Crippen molar-refractivity contribution in [1.29, 1.82) is 0 Å². The lowest BCUT2D eigenvalue weighted by molar-refractivity contribution is -0.123. The molecule has 32 heavy (non-hydrogen) atoms. The molecular weight excluding hydrogens is 400 g/mol. The Morgan fingerprint density at radius 1 is 1.03 bits per heavy atom. The summed E-state index contributed by atoms with van der Waals surface area (Å²) in [7, 11) is 0. The molecule has 2 fully saturated rings. The van der Waals surface area contributed by atoms with E-state index in [1.165, 1.54) is 5.56 Å². The summed E-state index contributed by atoms with van der Waals surface area (Å²) in [5.74, 6) is 0.0891. The van der Waals surface area contributed by atoms with Crippen LogP contribution in [-0.4, -0.2) is 58.8 Å². The van der Waals surface area contributed by atoms with Gasteiger partial charge >= 0.3 is 0 Å². The number of fused-ring (bicyclic) bond motifs is 2. The molecule has 6 heteroatoms. The van der Waals surface area contributed by atoms with Crippen LogP contribution in [-0.2, 0) is 4.79 Å². The Morgan fingerprint density at radius 2 is 1.88 bits per heavy atom. The second-order valence-corrected chi connectivity index (χ2v) is 8.79. The van der Waals surface area contributed by atoms with Crippen molar-refractivity contribution in [3.8, 4) is 0 Å². The summed E-state index contributed by atoms with van der Waals surface area (Å²) in [6.45, 7) is 2.83. The van der Waals surface area contributed by atoms with Crippen LogP contribution >= 0.6 is 0 Å². The predicted molar refractivity (Wildman–Crippen MR) is 124 cm³/mol. The van der Waals surface area contributed by atoms with Crippen LogP contribution in [0.25, 0.3) is 10.9 Å². The van der Waals surface area contributed by atoms with Crippen LogP contribution < -0.4 is 5.73 Å². The minimum Gasteiger partial charge on any atom is -0.368 e. The van der Waals surface area contributed by atoms with E-state index in [0.717, 1.165) is 30.4 Å². The van der Waals surface area contributed by atoms with Gasteiger partial charge < -0.3 is 10.6 Å². The Hall–Kier alpha value is -3.25. The van der Waals surface area contributed by atoms with Crippen LogP contribution in [0.2, 0.25) is 0 Å². The molecule has 0 spiro atoms. The van der Waals surface area contributed by atoms with Crippen molar-refractivity contribution in [2.24, 2.45) is 17.6 Å². The van der Waals surface area contributed by atoms with Crippen molar-refractivity contribution < 1.29 is 9.59 Å². The highest BCUT2D eigenvalue weighted by Crippen LogP contribution is 2.37. The van der Waals surface area contributed by atoms with Gasteiger partial charge in [0.15, 0.2) is 0 Å². The number of nitrogens with zero attached hydrogens (tertiary/aromatic N) is 3. The first kappa shape index (κ1) is 20.6. The normalized spacial score (nSPS) is 22.9. The summed E-state index contributed by atoms with van der Waals surface area (Å²) in [5, 5.41) is 0.952. The molecule has 2 aromatic carbocycles. The maximum Gasteiger partial charge on any atom is 0.253 e. The average molecular weight is 428 g/mol. The van der Waals surface area contributed by atoms with Crippen molar-refractivity contribution in [1.82, 2.24) is 14.8 Å². The standard InChI is InChI=1S/C26H27N4O2/c27-25(31)24-22-17-30(26(32)20-10-11-23-19(14-20)9-4-12-28-23)16-21(22)15-29(24)13-5-8-18-6-2-1-3-7-18/h1-4,6-12,14,21-22,24H,5,13,15-17H2,(H2,27,31)/t21?,22-,24?/m1/s1. The van der Waals surface area contributed by atoms with Gasteiger partial charge in [-0.25, -0.2) is 0 Å². The third-order valence-corrected chi connectivity index (χ3v) is 6.78. The van der Waals surface area contributed by atoms with Gasteiger partial charge in [0.05, 0.1) is 11.6 Å². The minimum atomic E-state index is -0.317. The van der Waals surface area contributed by atoms with E-state index in [9.17, 15) is 9.59 Å². The van der Waals surface area contributed by atoms with Crippen LogP contribution in [0.3, 0.4) is 0 Å². The first-order valence-corrected chi connectivity index (χ1v) is 11.2. The molecule has 0 bridgehead atoms. The first-order valence-electron chi connectivity index (χ1n) is 11.2. The van der Waals surface area contributed by atoms with E-state index < -0.39 is 0 Å². The van der Waals surface area contributed by atoms with Gasteiger partial charge in [-0.2, -0.15) is 0 Å². The van der Waals surface area contributed by atoms with E-state index in [1.807, 2.05) is 53.4 Å². The highest BCUT2D eigenvalue weighted by Gasteiger charge is 2.50. The van der Waals surface area contributed by atoms with Crippen molar-refractivity contribution in [3.05, 3.63) is 84.4 Å². The van der Waals surface area contributed by atoms with Gasteiger partial charge in [-0.15, -0.1) is 0 Å². The van der Waals surface area contributed by atoms with Gasteiger partial charge in [-0.1, -0.05) is 36.4 Å². The number of benzene rings is 2. The van der Waals surface area contributed by atoms with Crippen molar-refractivity contribution in [3.63, 3.8) is 0 Å². The van der Waals surface area contributed by atoms with Crippen LogP contribution in [0.5, 0.6) is 0 Å². The van der Waals surface area contributed by atoms with Crippen LogP contribution in [0, 0.1) is 18.3 Å². The van der Waals surface area contributed by atoms with Crippen LogP contribution in [0.15, 0.2) is 66.9 Å². The molecule has 0 saturated carbocycles.